The number of hydrogen-bond donors (Lipinski definition) is 2. The molecule has 3 unspecified atom stereocenters. The van der Waals surface area contributed by atoms with Crippen LogP contribution < -0.4 is 5.32 Å². The number of allylic oxidation sites excluding steroid dienone is 11. The third kappa shape index (κ3) is 65.7. The summed E-state index contributed by atoms with van der Waals surface area (Å²) in [6, 6.07) is -0.853. The van der Waals surface area contributed by atoms with Crippen molar-refractivity contribution in [2.45, 2.75) is 354 Å². The van der Waals surface area contributed by atoms with Crippen LogP contribution in [0.2, 0.25) is 0 Å². The van der Waals surface area contributed by atoms with Crippen molar-refractivity contribution < 1.29 is 37.3 Å². The molecular weight excluding hydrogens is 1070 g/mol. The topological polar surface area (TPSA) is 111 Å². The van der Waals surface area contributed by atoms with Crippen LogP contribution in [0.15, 0.2) is 72.9 Å². The van der Waals surface area contributed by atoms with E-state index in [0.29, 0.717) is 23.9 Å². The Morgan fingerprint density at radius 3 is 1.13 bits per heavy atom. The minimum absolute atomic E-state index is 0.0384. The van der Waals surface area contributed by atoms with E-state index in [4.69, 9.17) is 13.8 Å². The van der Waals surface area contributed by atoms with Crippen molar-refractivity contribution in [3.05, 3.63) is 72.9 Å². The van der Waals surface area contributed by atoms with Crippen LogP contribution in [-0.4, -0.2) is 74.3 Å². The Kier molecular flexibility index (Phi) is 62.5. The van der Waals surface area contributed by atoms with Gasteiger partial charge in [-0.15, -0.1) is 0 Å². The zero-order chi connectivity index (χ0) is 62.1. The lowest BCUT2D eigenvalue weighted by Gasteiger charge is -2.27. The number of nitrogens with one attached hydrogen (secondary N) is 1. The Labute approximate surface area is 527 Å². The second-order valence-electron chi connectivity index (χ2n) is 25.7. The maximum Gasteiger partial charge on any atom is 0.472 e. The molecule has 0 aromatic rings. The van der Waals surface area contributed by atoms with E-state index in [1.54, 1.807) is 0 Å². The lowest BCUT2D eigenvalue weighted by atomic mass is 10.0. The first-order valence-electron chi connectivity index (χ1n) is 36.3. The van der Waals surface area contributed by atoms with Gasteiger partial charge < -0.3 is 19.4 Å². The van der Waals surface area contributed by atoms with E-state index < -0.39 is 20.0 Å². The average molecular weight is 1210 g/mol. The predicted octanol–water partition coefficient (Wildman–Crippen LogP) is 23.1. The first kappa shape index (κ1) is 82.5. The van der Waals surface area contributed by atoms with E-state index in [1.807, 2.05) is 33.3 Å². The number of phosphoric ester groups is 1. The van der Waals surface area contributed by atoms with Gasteiger partial charge in [-0.1, -0.05) is 325 Å². The number of phosphoric acid groups is 1. The van der Waals surface area contributed by atoms with Crippen molar-refractivity contribution in [2.24, 2.45) is 0 Å². The number of quaternary nitrogens is 1. The van der Waals surface area contributed by atoms with Gasteiger partial charge in [0, 0.05) is 12.8 Å². The summed E-state index contributed by atoms with van der Waals surface area (Å²) in [5.41, 5.74) is 0. The van der Waals surface area contributed by atoms with E-state index >= 15 is 0 Å². The minimum atomic E-state index is -4.46. The molecule has 2 N–H and O–H groups in total. The quantitative estimate of drug-likeness (QED) is 0.0205. The number of likely N-dealkylation sites (N-methyl/N-ethyl adjacent to an activating group) is 1. The smallest absolute Gasteiger partial charge is 0.456 e. The highest BCUT2D eigenvalue weighted by atomic mass is 31.2. The van der Waals surface area contributed by atoms with Crippen molar-refractivity contribution in [3.63, 3.8) is 0 Å². The van der Waals surface area contributed by atoms with Gasteiger partial charge in [-0.25, -0.2) is 4.57 Å². The van der Waals surface area contributed by atoms with E-state index in [-0.39, 0.29) is 25.1 Å². The number of amides is 1. The number of carbonyl (C=O) groups is 2. The Bertz CT molecular complexity index is 1680. The van der Waals surface area contributed by atoms with Gasteiger partial charge in [-0.2, -0.15) is 0 Å². The Morgan fingerprint density at radius 1 is 0.424 bits per heavy atom. The molecule has 1 amide bonds. The number of carbonyl (C=O) groups excluding carboxylic acids is 2. The fourth-order valence-corrected chi connectivity index (χ4v) is 11.4. The summed E-state index contributed by atoms with van der Waals surface area (Å²) in [7, 11) is 1.50. The molecule has 0 rings (SSSR count). The summed E-state index contributed by atoms with van der Waals surface area (Å²) in [4.78, 5) is 37.9. The summed E-state index contributed by atoms with van der Waals surface area (Å²) < 4.78 is 30.8. The van der Waals surface area contributed by atoms with Gasteiger partial charge in [0.15, 0.2) is 0 Å². The van der Waals surface area contributed by atoms with Crippen molar-refractivity contribution in [3.8, 4) is 0 Å². The third-order valence-electron chi connectivity index (χ3n) is 16.2. The normalized spacial score (nSPS) is 13.9. The maximum atomic E-state index is 13.6. The van der Waals surface area contributed by atoms with Gasteiger partial charge in [-0.3, -0.25) is 18.6 Å². The van der Waals surface area contributed by atoms with Crippen LogP contribution in [0.25, 0.3) is 0 Å². The van der Waals surface area contributed by atoms with Crippen molar-refractivity contribution in [1.29, 1.82) is 0 Å². The zero-order valence-corrected chi connectivity index (χ0v) is 57.7. The molecule has 0 radical (unpaired) electrons. The number of unbranched alkanes of at least 4 members (excludes halogenated alkanes) is 40. The lowest BCUT2D eigenvalue weighted by Crippen LogP contribution is -2.47. The highest BCUT2D eigenvalue weighted by Gasteiger charge is 2.30. The molecule has 0 spiro atoms. The van der Waals surface area contributed by atoms with Gasteiger partial charge in [0.2, 0.25) is 5.91 Å². The van der Waals surface area contributed by atoms with Crippen LogP contribution in [-0.2, 0) is 27.9 Å². The fraction of sp³-hybridized carbons (Fsp3) is 0.813. The van der Waals surface area contributed by atoms with E-state index in [2.05, 4.69) is 86.8 Å². The molecule has 0 saturated heterocycles. The maximum absolute atomic E-state index is 13.6. The third-order valence-corrected chi connectivity index (χ3v) is 17.1. The van der Waals surface area contributed by atoms with Crippen molar-refractivity contribution >= 4 is 19.7 Å². The van der Waals surface area contributed by atoms with Gasteiger partial charge in [0.05, 0.1) is 33.8 Å². The van der Waals surface area contributed by atoms with Crippen LogP contribution in [0.4, 0.5) is 0 Å². The molecule has 0 aliphatic carbocycles. The van der Waals surface area contributed by atoms with E-state index in [0.717, 1.165) is 103 Å². The number of nitrogens with zero attached hydrogens (tertiary/aromatic N) is 1. The fourth-order valence-electron chi connectivity index (χ4n) is 10.6. The summed E-state index contributed by atoms with van der Waals surface area (Å²) in [6.07, 6.45) is 84.9. The summed E-state index contributed by atoms with van der Waals surface area (Å²) in [5.74, 6) is -0.500. The Morgan fingerprint density at radius 2 is 0.753 bits per heavy atom. The van der Waals surface area contributed by atoms with E-state index in [1.165, 1.54) is 205 Å². The zero-order valence-electron chi connectivity index (χ0n) is 56.9. The molecule has 0 aromatic heterocycles. The summed E-state index contributed by atoms with van der Waals surface area (Å²) in [6.45, 7) is 6.93. The average Bonchev–Trinajstić information content (AvgIpc) is 3.64. The standard InChI is InChI=1S/C75H139N2O7P/c1-7-10-13-16-19-22-25-27-29-31-33-35-37-38-40-41-43-45-47-49-52-55-58-61-64-67-74(78)76-72(71-83-85(80,81)82-70-69-77(4,5)6)73(66-63-60-57-54-51-24-21-18-15-12-9-3)84-75(79)68-65-62-59-56-53-50-48-46-44-42-39-36-34-32-30-28-26-23-20-17-14-11-8-2/h10,13,19,22,27,29,33,35,38,40,63,66,72-73H,7-9,11-12,14-18,20-21,23-26,28,30-32,34,36-37,39,41-62,64-65,67-71H2,1-6H3,(H-,76,78,80,81)/p+1/b13-10-,22-19-,29-27-,35-33-,40-38-,66-63+. The SMILES string of the molecule is CC/C=C\C/C=C\C/C=C\C/C=C\C/C=C\CCCCCCCCCCCC(=O)NC(COP(=O)(O)OCC[N+](C)(C)C)C(/C=C/CCCCCCCCCCC)OC(=O)CCCCCCCCCCCCCCCCCCCCCCCCC. The predicted molar refractivity (Wildman–Crippen MR) is 369 cm³/mol. The molecule has 0 bridgehead atoms. The molecule has 0 heterocycles. The first-order chi connectivity index (χ1) is 41.4. The van der Waals surface area contributed by atoms with Crippen LogP contribution in [0.5, 0.6) is 0 Å². The van der Waals surface area contributed by atoms with Crippen LogP contribution in [0.3, 0.4) is 0 Å². The van der Waals surface area contributed by atoms with Crippen molar-refractivity contribution in [1.82, 2.24) is 5.32 Å². The van der Waals surface area contributed by atoms with Crippen LogP contribution in [0, 0.1) is 0 Å². The number of rotatable bonds is 66. The number of ether oxygens (including phenoxy) is 1. The molecule has 0 aliphatic heterocycles. The first-order valence-corrected chi connectivity index (χ1v) is 37.8. The molecule has 496 valence electrons. The molecule has 0 aliphatic rings. The Balaban J connectivity index is 5.00. The monoisotopic (exact) mass is 1210 g/mol. The highest BCUT2D eigenvalue weighted by Crippen LogP contribution is 2.43. The second-order valence-corrected chi connectivity index (χ2v) is 27.2. The minimum Gasteiger partial charge on any atom is -0.456 e. The van der Waals surface area contributed by atoms with Gasteiger partial charge in [0.1, 0.15) is 19.3 Å². The second kappa shape index (κ2) is 64.4. The van der Waals surface area contributed by atoms with E-state index in [9.17, 15) is 19.0 Å². The Hall–Kier alpha value is -2.55. The van der Waals surface area contributed by atoms with Crippen LogP contribution >= 0.6 is 7.82 Å². The number of hydrogen-bond acceptors (Lipinski definition) is 6. The molecule has 0 saturated carbocycles. The molecule has 9 nitrogen and oxygen atoms in total. The van der Waals surface area contributed by atoms with Gasteiger partial charge >= 0.3 is 13.8 Å². The summed E-state index contributed by atoms with van der Waals surface area (Å²) >= 11 is 0. The molecule has 0 aromatic carbocycles. The van der Waals surface area contributed by atoms with Crippen molar-refractivity contribution in [2.75, 3.05) is 40.9 Å². The highest BCUT2D eigenvalue weighted by molar-refractivity contribution is 7.47. The van der Waals surface area contributed by atoms with Gasteiger partial charge in [0.25, 0.3) is 0 Å². The molecule has 85 heavy (non-hydrogen) atoms. The van der Waals surface area contributed by atoms with Gasteiger partial charge in [-0.05, 0) is 76.7 Å². The molecule has 10 heteroatoms. The lowest BCUT2D eigenvalue weighted by molar-refractivity contribution is -0.870. The van der Waals surface area contributed by atoms with Crippen LogP contribution in [0.1, 0.15) is 342 Å². The molecule has 0 fully saturated rings. The molecule has 3 atom stereocenters. The summed E-state index contributed by atoms with van der Waals surface area (Å²) in [5, 5.41) is 3.07. The molecular formula is C75H140N2O7P+. The largest absolute Gasteiger partial charge is 0.472 e. The number of esters is 1.